The number of rotatable bonds is 4. The number of ether oxygens (including phenoxy) is 2. The lowest BCUT2D eigenvalue weighted by Gasteiger charge is -2.26. The van der Waals surface area contributed by atoms with Crippen molar-refractivity contribution in [2.45, 2.75) is 26.2 Å². The van der Waals surface area contributed by atoms with E-state index in [-0.39, 0.29) is 46.5 Å². The number of Topliss-reactive ketones (excluding diaryl/α,β-unsaturated/α-hetero) is 1. The molecule has 1 heterocycles. The van der Waals surface area contributed by atoms with Gasteiger partial charge in [0, 0.05) is 23.3 Å². The number of carbonyl (C=O) groups excluding carboxylic acids is 1. The first-order valence-electron chi connectivity index (χ1n) is 8.58. The predicted molar refractivity (Wildman–Crippen MR) is 100 cm³/mol. The lowest BCUT2D eigenvalue weighted by Crippen LogP contribution is -2.26. The van der Waals surface area contributed by atoms with Gasteiger partial charge in [-0.25, -0.2) is 0 Å². The summed E-state index contributed by atoms with van der Waals surface area (Å²) in [5.41, 5.74) is 1.71. The molecule has 0 spiro atoms. The van der Waals surface area contributed by atoms with Gasteiger partial charge in [-0.3, -0.25) is 4.79 Å². The van der Waals surface area contributed by atoms with Crippen LogP contribution in [0.15, 0.2) is 35.9 Å². The van der Waals surface area contributed by atoms with Crippen LogP contribution in [0.5, 0.6) is 28.7 Å². The number of fused-ring (bicyclic) bond motifs is 1. The predicted octanol–water partition coefficient (Wildman–Crippen LogP) is 3.68. The summed E-state index contributed by atoms with van der Waals surface area (Å²) in [6.07, 6.45) is 2.14. The highest BCUT2D eigenvalue weighted by molar-refractivity contribution is 6.07. The van der Waals surface area contributed by atoms with Gasteiger partial charge >= 0.3 is 0 Å². The van der Waals surface area contributed by atoms with Crippen LogP contribution < -0.4 is 9.47 Å². The fourth-order valence-electron chi connectivity index (χ4n) is 3.13. The van der Waals surface area contributed by atoms with Gasteiger partial charge in [-0.15, -0.1) is 0 Å². The maximum Gasteiger partial charge on any atom is 0.181 e. The Morgan fingerprint density at radius 3 is 2.59 bits per heavy atom. The maximum absolute atomic E-state index is 13.1. The van der Waals surface area contributed by atoms with Crippen molar-refractivity contribution in [3.63, 3.8) is 0 Å². The van der Waals surface area contributed by atoms with Crippen LogP contribution in [-0.4, -0.2) is 34.8 Å². The van der Waals surface area contributed by atoms with Gasteiger partial charge in [-0.2, -0.15) is 0 Å². The summed E-state index contributed by atoms with van der Waals surface area (Å²) in [7, 11) is 1.48. The van der Waals surface area contributed by atoms with E-state index in [1.54, 1.807) is 12.1 Å². The average molecular weight is 370 g/mol. The summed E-state index contributed by atoms with van der Waals surface area (Å²) in [6.45, 7) is 3.81. The summed E-state index contributed by atoms with van der Waals surface area (Å²) < 4.78 is 10.7. The molecule has 142 valence electrons. The number of ketones is 1. The van der Waals surface area contributed by atoms with E-state index in [0.717, 1.165) is 5.57 Å². The number of allylic oxidation sites excluding steroid dienone is 2. The zero-order chi connectivity index (χ0) is 19.7. The Labute approximate surface area is 157 Å². The molecule has 0 aromatic heterocycles. The molecule has 0 aliphatic carbocycles. The van der Waals surface area contributed by atoms with Crippen LogP contribution in [0.2, 0.25) is 0 Å². The second kappa shape index (κ2) is 7.23. The van der Waals surface area contributed by atoms with Gasteiger partial charge < -0.3 is 24.8 Å². The number of aromatic hydroxyl groups is 3. The summed E-state index contributed by atoms with van der Waals surface area (Å²) in [4.78, 5) is 13.1. The average Bonchev–Trinajstić information content (AvgIpc) is 2.61. The first kappa shape index (κ1) is 18.6. The third kappa shape index (κ3) is 3.43. The summed E-state index contributed by atoms with van der Waals surface area (Å²) in [6, 6.07) is 6.03. The van der Waals surface area contributed by atoms with Gasteiger partial charge in [0.1, 0.15) is 40.9 Å². The number of benzene rings is 2. The topological polar surface area (TPSA) is 96.2 Å². The summed E-state index contributed by atoms with van der Waals surface area (Å²) in [5.74, 6) is -1.02. The van der Waals surface area contributed by atoms with Crippen molar-refractivity contribution in [2.75, 3.05) is 13.7 Å². The molecule has 6 nitrogen and oxygen atoms in total. The summed E-state index contributed by atoms with van der Waals surface area (Å²) in [5, 5.41) is 31.1. The Bertz CT molecular complexity index is 925. The van der Waals surface area contributed by atoms with Crippen molar-refractivity contribution in [3.05, 3.63) is 52.6 Å². The Balaban J connectivity index is 2.04. The molecule has 3 rings (SSSR count). The normalized spacial score (nSPS) is 15.7. The van der Waals surface area contributed by atoms with E-state index in [0.29, 0.717) is 17.7 Å². The van der Waals surface area contributed by atoms with E-state index in [2.05, 4.69) is 0 Å². The van der Waals surface area contributed by atoms with Gasteiger partial charge in [0.2, 0.25) is 0 Å². The maximum atomic E-state index is 13.1. The molecule has 0 fully saturated rings. The first-order valence-corrected chi connectivity index (χ1v) is 8.58. The van der Waals surface area contributed by atoms with E-state index in [9.17, 15) is 20.1 Å². The minimum atomic E-state index is -0.768. The molecule has 0 bridgehead atoms. The van der Waals surface area contributed by atoms with Crippen molar-refractivity contribution in [1.82, 2.24) is 0 Å². The van der Waals surface area contributed by atoms with Crippen LogP contribution in [-0.2, 0) is 6.42 Å². The van der Waals surface area contributed by atoms with Crippen molar-refractivity contribution in [1.29, 1.82) is 0 Å². The highest BCUT2D eigenvalue weighted by Gasteiger charge is 2.35. The molecule has 1 atom stereocenters. The molecule has 2 aromatic carbocycles. The molecular weight excluding hydrogens is 348 g/mol. The number of phenolic OH excluding ortho intramolecular Hbond substituents is 3. The van der Waals surface area contributed by atoms with Crippen molar-refractivity contribution in [3.8, 4) is 28.7 Å². The van der Waals surface area contributed by atoms with Gasteiger partial charge in [-0.05, 0) is 26.3 Å². The van der Waals surface area contributed by atoms with E-state index in [1.165, 1.54) is 19.2 Å². The Morgan fingerprint density at radius 1 is 1.22 bits per heavy atom. The van der Waals surface area contributed by atoms with Crippen LogP contribution in [0.25, 0.3) is 0 Å². The van der Waals surface area contributed by atoms with E-state index >= 15 is 0 Å². The SMILES string of the molecule is COc1ccc([C@H]2COc3cc(O)c(CC=C(C)C)c(O)c3C2=O)c(O)c1. The molecule has 0 saturated heterocycles. The highest BCUT2D eigenvalue weighted by Crippen LogP contribution is 2.45. The number of hydrogen-bond acceptors (Lipinski definition) is 6. The number of methoxy groups -OCH3 is 1. The third-order valence-electron chi connectivity index (χ3n) is 4.64. The molecule has 6 heteroatoms. The second-order valence-corrected chi connectivity index (χ2v) is 6.73. The van der Waals surface area contributed by atoms with E-state index < -0.39 is 5.92 Å². The third-order valence-corrected chi connectivity index (χ3v) is 4.64. The Morgan fingerprint density at radius 2 is 1.96 bits per heavy atom. The second-order valence-electron chi connectivity index (χ2n) is 6.73. The standard InChI is InChI=1S/C21H22O6/c1-11(2)4-6-14-17(23)9-18-19(20(14)24)21(25)15(10-27-18)13-7-5-12(26-3)8-16(13)22/h4-5,7-9,15,22-24H,6,10H2,1-3H3/t15-/m1/s1. The molecule has 3 N–H and O–H groups in total. The van der Waals surface area contributed by atoms with Gasteiger partial charge in [0.25, 0.3) is 0 Å². The van der Waals surface area contributed by atoms with Gasteiger partial charge in [0.15, 0.2) is 5.78 Å². The monoisotopic (exact) mass is 370 g/mol. The number of hydrogen-bond donors (Lipinski definition) is 3. The van der Waals surface area contributed by atoms with Crippen LogP contribution in [0.3, 0.4) is 0 Å². The van der Waals surface area contributed by atoms with Crippen molar-refractivity contribution in [2.24, 2.45) is 0 Å². The molecule has 2 aromatic rings. The molecule has 27 heavy (non-hydrogen) atoms. The van der Waals surface area contributed by atoms with Crippen molar-refractivity contribution >= 4 is 5.78 Å². The molecule has 1 aliphatic rings. The number of carbonyl (C=O) groups is 1. The van der Waals surface area contributed by atoms with E-state index in [1.807, 2.05) is 19.9 Å². The molecule has 0 radical (unpaired) electrons. The van der Waals surface area contributed by atoms with E-state index in [4.69, 9.17) is 9.47 Å². The Hall–Kier alpha value is -3.15. The fraction of sp³-hybridized carbons (Fsp3) is 0.286. The Kier molecular flexibility index (Phi) is 4.99. The van der Waals surface area contributed by atoms with Crippen LogP contribution in [0, 0.1) is 0 Å². The highest BCUT2D eigenvalue weighted by atomic mass is 16.5. The smallest absolute Gasteiger partial charge is 0.181 e. The number of phenols is 3. The largest absolute Gasteiger partial charge is 0.508 e. The molecule has 0 saturated carbocycles. The quantitative estimate of drug-likeness (QED) is 0.711. The zero-order valence-electron chi connectivity index (χ0n) is 15.4. The molecule has 0 amide bonds. The minimum Gasteiger partial charge on any atom is -0.508 e. The minimum absolute atomic E-state index is 0.00206. The van der Waals surface area contributed by atoms with Gasteiger partial charge in [-0.1, -0.05) is 17.7 Å². The van der Waals surface area contributed by atoms with Gasteiger partial charge in [0.05, 0.1) is 13.0 Å². The summed E-state index contributed by atoms with van der Waals surface area (Å²) >= 11 is 0. The van der Waals surface area contributed by atoms with Crippen LogP contribution in [0.4, 0.5) is 0 Å². The zero-order valence-corrected chi connectivity index (χ0v) is 15.4. The molecular formula is C21H22O6. The molecule has 1 aliphatic heterocycles. The van der Waals surface area contributed by atoms with Crippen LogP contribution >= 0.6 is 0 Å². The van der Waals surface area contributed by atoms with Crippen LogP contribution in [0.1, 0.15) is 41.3 Å². The van der Waals surface area contributed by atoms with Crippen molar-refractivity contribution < 1.29 is 29.6 Å². The first-order chi connectivity index (χ1) is 12.8. The molecule has 0 unspecified atom stereocenters. The lowest BCUT2D eigenvalue weighted by molar-refractivity contribution is 0.0889. The lowest BCUT2D eigenvalue weighted by atomic mass is 9.86. The fourth-order valence-corrected chi connectivity index (χ4v) is 3.13.